The van der Waals surface area contributed by atoms with Gasteiger partial charge in [-0.05, 0) is 79.7 Å². The lowest BCUT2D eigenvalue weighted by Crippen LogP contribution is -2.44. The molecule has 16 nitrogen and oxygen atoms in total. The summed E-state index contributed by atoms with van der Waals surface area (Å²) >= 11 is 0. The third-order valence-electron chi connectivity index (χ3n) is 7.87. The molecule has 2 saturated heterocycles. The zero-order valence-corrected chi connectivity index (χ0v) is 33.8. The van der Waals surface area contributed by atoms with E-state index in [0.29, 0.717) is 0 Å². The lowest BCUT2D eigenvalue weighted by Gasteiger charge is -2.27. The van der Waals surface area contributed by atoms with Crippen LogP contribution >= 0.6 is 0 Å². The molecule has 0 N–H and O–H groups in total. The van der Waals surface area contributed by atoms with Gasteiger partial charge in [-0.25, -0.2) is 19.2 Å². The highest BCUT2D eigenvalue weighted by molar-refractivity contribution is 7.87. The highest BCUT2D eigenvalue weighted by atomic mass is 32.2. The van der Waals surface area contributed by atoms with E-state index in [1.165, 1.54) is 38.5 Å². The Bertz CT molecular complexity index is 1730. The van der Waals surface area contributed by atoms with Crippen LogP contribution in [0.4, 0.5) is 9.59 Å². The van der Waals surface area contributed by atoms with Crippen molar-refractivity contribution in [2.45, 2.75) is 114 Å². The number of amides is 2. The van der Waals surface area contributed by atoms with E-state index in [0.717, 1.165) is 20.9 Å². The first kappa shape index (κ1) is 44.1. The van der Waals surface area contributed by atoms with Crippen LogP contribution in [0, 0.1) is 13.8 Å². The molecule has 2 heterocycles. The van der Waals surface area contributed by atoms with E-state index in [2.05, 4.69) is 0 Å². The van der Waals surface area contributed by atoms with Gasteiger partial charge in [-0.2, -0.15) is 16.8 Å². The van der Waals surface area contributed by atoms with Crippen molar-refractivity contribution in [3.63, 3.8) is 0 Å². The number of carbonyl (C=O) groups excluding carboxylic acids is 4. The van der Waals surface area contributed by atoms with Crippen molar-refractivity contribution < 1.29 is 63.3 Å². The summed E-state index contributed by atoms with van der Waals surface area (Å²) in [6.07, 6.45) is -3.22. The Kier molecular flexibility index (Phi) is 14.3. The molecular weight excluding hydrogens is 749 g/mol. The normalized spacial score (nSPS) is 20.4. The summed E-state index contributed by atoms with van der Waals surface area (Å²) in [7, 11) is -5.66. The predicted molar refractivity (Wildman–Crippen MR) is 193 cm³/mol. The van der Waals surface area contributed by atoms with Crippen LogP contribution in [0.25, 0.3) is 0 Å². The number of ether oxygens (including phenoxy) is 4. The Morgan fingerprint density at radius 3 is 1.13 bits per heavy atom. The van der Waals surface area contributed by atoms with Crippen molar-refractivity contribution >= 4 is 44.4 Å². The zero-order valence-electron chi connectivity index (χ0n) is 32.2. The summed E-state index contributed by atoms with van der Waals surface area (Å²) in [5.41, 5.74) is 0.309. The number of rotatable bonds is 8. The quantitative estimate of drug-likeness (QED) is 0.205. The molecule has 4 atom stereocenters. The topological polar surface area (TPSA) is 198 Å². The fourth-order valence-corrected chi connectivity index (χ4v) is 7.53. The van der Waals surface area contributed by atoms with Crippen molar-refractivity contribution in [2.75, 3.05) is 27.3 Å². The molecule has 300 valence electrons. The van der Waals surface area contributed by atoms with E-state index < -0.39 is 79.9 Å². The largest absolute Gasteiger partial charge is 0.467 e. The lowest BCUT2D eigenvalue weighted by atomic mass is 10.2. The van der Waals surface area contributed by atoms with Crippen molar-refractivity contribution in [3.05, 3.63) is 59.7 Å². The van der Waals surface area contributed by atoms with E-state index in [1.54, 1.807) is 65.8 Å². The molecule has 4 rings (SSSR count). The summed E-state index contributed by atoms with van der Waals surface area (Å²) in [5.74, 6) is -1.31. The maximum atomic E-state index is 12.5. The fourth-order valence-electron chi connectivity index (χ4n) is 5.38. The molecule has 0 saturated carbocycles. The molecule has 2 aromatic rings. The van der Waals surface area contributed by atoms with Gasteiger partial charge in [0, 0.05) is 12.8 Å². The van der Waals surface area contributed by atoms with E-state index in [1.807, 2.05) is 13.8 Å². The SMILES string of the molecule is COC(=O)[C@@H]1C[C@@H](OS(=O)(=O)c2ccc(C)cc2)CN1C(=O)OC(C)(C)C.COC(=O)[C@H]1C[C@H](OS(=O)(=O)c2ccc(C)cc2)CN1C(=O)OC(C)(C)C. The molecule has 0 radical (unpaired) electrons. The summed E-state index contributed by atoms with van der Waals surface area (Å²) < 4.78 is 80.5. The summed E-state index contributed by atoms with van der Waals surface area (Å²) in [6, 6.07) is 10.5. The Morgan fingerprint density at radius 1 is 0.574 bits per heavy atom. The second-order valence-electron chi connectivity index (χ2n) is 14.8. The van der Waals surface area contributed by atoms with E-state index in [9.17, 15) is 36.0 Å². The number of likely N-dealkylation sites (tertiary alicyclic amines) is 2. The first-order valence-electron chi connectivity index (χ1n) is 17.0. The standard InChI is InChI=1S/2C18H25NO7S/c2*1-12-6-8-14(9-7-12)27(22,23)26-13-10-15(16(20)24-5)19(11-13)17(21)25-18(2,3)4/h2*6-9,13,15H,10-11H2,1-5H3/t2*13-,15+/m10/s1. The molecule has 0 bridgehead atoms. The number of hydrogen-bond acceptors (Lipinski definition) is 14. The third kappa shape index (κ3) is 12.4. The molecule has 0 spiro atoms. The number of methoxy groups -OCH3 is 2. The van der Waals surface area contributed by atoms with Gasteiger partial charge in [-0.1, -0.05) is 35.4 Å². The molecule has 0 aliphatic carbocycles. The number of benzene rings is 2. The fraction of sp³-hybridized carbons (Fsp3) is 0.556. The van der Waals surface area contributed by atoms with Crippen molar-refractivity contribution in [3.8, 4) is 0 Å². The second-order valence-corrected chi connectivity index (χ2v) is 17.9. The summed E-state index contributed by atoms with van der Waals surface area (Å²) in [6.45, 7) is 13.7. The van der Waals surface area contributed by atoms with Gasteiger partial charge >= 0.3 is 24.1 Å². The van der Waals surface area contributed by atoms with Crippen LogP contribution in [0.1, 0.15) is 65.5 Å². The zero-order chi connectivity index (χ0) is 40.8. The van der Waals surface area contributed by atoms with E-state index in [-0.39, 0.29) is 35.7 Å². The number of hydrogen-bond donors (Lipinski definition) is 0. The molecule has 2 fully saturated rings. The first-order valence-corrected chi connectivity index (χ1v) is 19.8. The molecule has 54 heavy (non-hydrogen) atoms. The molecule has 2 aliphatic heterocycles. The number of aryl methyl sites for hydroxylation is 2. The van der Waals surface area contributed by atoms with Gasteiger partial charge in [-0.15, -0.1) is 0 Å². The summed E-state index contributed by atoms with van der Waals surface area (Å²) in [5, 5.41) is 0. The number of esters is 2. The Balaban J connectivity index is 0.000000290. The average molecular weight is 799 g/mol. The second kappa shape index (κ2) is 17.5. The summed E-state index contributed by atoms with van der Waals surface area (Å²) in [4.78, 5) is 51.2. The Labute approximate surface area is 317 Å². The average Bonchev–Trinajstić information content (AvgIpc) is 3.67. The number of carbonyl (C=O) groups is 4. The lowest BCUT2D eigenvalue weighted by molar-refractivity contribution is -0.146. The van der Waals surface area contributed by atoms with Gasteiger partial charge < -0.3 is 18.9 Å². The van der Waals surface area contributed by atoms with Gasteiger partial charge in [-0.3, -0.25) is 18.2 Å². The van der Waals surface area contributed by atoms with Crippen molar-refractivity contribution in [1.82, 2.24) is 9.80 Å². The maximum absolute atomic E-state index is 12.5. The van der Waals surface area contributed by atoms with Crippen LogP contribution in [0.3, 0.4) is 0 Å². The molecule has 18 heteroatoms. The van der Waals surface area contributed by atoms with Crippen molar-refractivity contribution in [1.29, 1.82) is 0 Å². The van der Waals surface area contributed by atoms with Crippen LogP contribution in [0.2, 0.25) is 0 Å². The maximum Gasteiger partial charge on any atom is 0.411 e. The Morgan fingerprint density at radius 2 is 0.870 bits per heavy atom. The molecule has 2 amide bonds. The minimum atomic E-state index is -4.03. The van der Waals surface area contributed by atoms with Crippen LogP contribution in [-0.4, -0.2) is 114 Å². The number of nitrogens with zero attached hydrogens (tertiary/aromatic N) is 2. The van der Waals surface area contributed by atoms with Gasteiger partial charge in [0.15, 0.2) is 0 Å². The molecule has 0 aromatic heterocycles. The highest BCUT2D eigenvalue weighted by Crippen LogP contribution is 2.29. The van der Waals surface area contributed by atoms with Gasteiger partial charge in [0.1, 0.15) is 23.3 Å². The van der Waals surface area contributed by atoms with E-state index in [4.69, 9.17) is 27.3 Å². The van der Waals surface area contributed by atoms with Crippen LogP contribution in [0.5, 0.6) is 0 Å². The van der Waals surface area contributed by atoms with Crippen LogP contribution < -0.4 is 0 Å². The molecule has 0 unspecified atom stereocenters. The Hall–Kier alpha value is -4.26. The molecule has 2 aliphatic rings. The minimum absolute atomic E-state index is 0.00297. The monoisotopic (exact) mass is 798 g/mol. The van der Waals surface area contributed by atoms with Crippen LogP contribution in [-0.2, 0) is 57.1 Å². The van der Waals surface area contributed by atoms with Crippen molar-refractivity contribution in [2.24, 2.45) is 0 Å². The first-order chi connectivity index (χ1) is 24.9. The highest BCUT2D eigenvalue weighted by Gasteiger charge is 2.45. The molecular formula is C36H50N2O14S2. The van der Waals surface area contributed by atoms with Gasteiger partial charge in [0.05, 0.1) is 49.3 Å². The minimum Gasteiger partial charge on any atom is -0.467 e. The smallest absolute Gasteiger partial charge is 0.411 e. The predicted octanol–water partition coefficient (Wildman–Crippen LogP) is 4.50. The van der Waals surface area contributed by atoms with Gasteiger partial charge in [0.2, 0.25) is 0 Å². The van der Waals surface area contributed by atoms with E-state index >= 15 is 0 Å². The molecule has 2 aromatic carbocycles. The third-order valence-corrected chi connectivity index (χ3v) is 10.6. The van der Waals surface area contributed by atoms with Gasteiger partial charge in [0.25, 0.3) is 20.2 Å². The van der Waals surface area contributed by atoms with Crippen LogP contribution in [0.15, 0.2) is 58.3 Å².